The van der Waals surface area contributed by atoms with Crippen molar-refractivity contribution in [1.29, 1.82) is 0 Å². The van der Waals surface area contributed by atoms with Crippen molar-refractivity contribution < 1.29 is 0 Å². The lowest BCUT2D eigenvalue weighted by atomic mass is 10.3. The van der Waals surface area contributed by atoms with Gasteiger partial charge in [-0.2, -0.15) is 4.68 Å². The number of hydrogen-bond acceptors (Lipinski definition) is 4. The van der Waals surface area contributed by atoms with Crippen molar-refractivity contribution in [3.8, 4) is 5.69 Å². The summed E-state index contributed by atoms with van der Waals surface area (Å²) in [5.41, 5.74) is 6.28. The fourth-order valence-corrected chi connectivity index (χ4v) is 1.75. The van der Waals surface area contributed by atoms with Gasteiger partial charge in [0.1, 0.15) is 0 Å². The molecule has 1 aromatic heterocycles. The highest BCUT2D eigenvalue weighted by molar-refractivity contribution is 9.10. The van der Waals surface area contributed by atoms with E-state index in [-0.39, 0.29) is 6.54 Å². The third kappa shape index (κ3) is 2.01. The van der Waals surface area contributed by atoms with E-state index < -0.39 is 0 Å². The molecule has 2 N–H and O–H groups in total. The van der Waals surface area contributed by atoms with E-state index in [1.807, 2.05) is 6.07 Å². The molecule has 0 saturated heterocycles. The molecular formula is C8H7BrClN5. The van der Waals surface area contributed by atoms with Crippen LogP contribution in [0.5, 0.6) is 0 Å². The molecule has 15 heavy (non-hydrogen) atoms. The lowest BCUT2D eigenvalue weighted by Gasteiger charge is -2.05. The highest BCUT2D eigenvalue weighted by Crippen LogP contribution is 2.24. The summed E-state index contributed by atoms with van der Waals surface area (Å²) in [5.74, 6) is 0.581. The number of aromatic nitrogens is 4. The molecule has 1 heterocycles. The normalized spacial score (nSPS) is 10.6. The van der Waals surface area contributed by atoms with Crippen molar-refractivity contribution in [3.63, 3.8) is 0 Å². The van der Waals surface area contributed by atoms with Gasteiger partial charge in [0, 0.05) is 9.50 Å². The van der Waals surface area contributed by atoms with Crippen LogP contribution in [0.4, 0.5) is 0 Å². The van der Waals surface area contributed by atoms with Crippen LogP contribution in [0, 0.1) is 0 Å². The minimum absolute atomic E-state index is 0.270. The van der Waals surface area contributed by atoms with Crippen LogP contribution in [0.25, 0.3) is 5.69 Å². The largest absolute Gasteiger partial charge is 0.324 e. The van der Waals surface area contributed by atoms with Gasteiger partial charge in [0.05, 0.1) is 12.2 Å². The first-order valence-electron chi connectivity index (χ1n) is 4.15. The van der Waals surface area contributed by atoms with Gasteiger partial charge in [-0.15, -0.1) is 5.10 Å². The minimum Gasteiger partial charge on any atom is -0.324 e. The minimum atomic E-state index is 0.270. The number of nitrogens with zero attached hydrogens (tertiary/aromatic N) is 4. The van der Waals surface area contributed by atoms with Crippen molar-refractivity contribution in [2.24, 2.45) is 5.73 Å². The molecule has 5 nitrogen and oxygen atoms in total. The first-order valence-corrected chi connectivity index (χ1v) is 5.32. The quantitative estimate of drug-likeness (QED) is 0.910. The molecule has 0 aliphatic rings. The van der Waals surface area contributed by atoms with E-state index in [4.69, 9.17) is 17.3 Å². The molecule has 2 rings (SSSR count). The molecule has 7 heteroatoms. The molecular weight excluding hydrogens is 281 g/mol. The van der Waals surface area contributed by atoms with Crippen LogP contribution >= 0.6 is 27.5 Å². The number of benzene rings is 1. The zero-order valence-corrected chi connectivity index (χ0v) is 9.90. The van der Waals surface area contributed by atoms with Gasteiger partial charge in [0.15, 0.2) is 5.82 Å². The molecule has 0 bridgehead atoms. The fourth-order valence-electron chi connectivity index (χ4n) is 1.17. The van der Waals surface area contributed by atoms with Gasteiger partial charge in [0.25, 0.3) is 0 Å². The van der Waals surface area contributed by atoms with E-state index in [0.717, 1.165) is 10.2 Å². The van der Waals surface area contributed by atoms with Crippen molar-refractivity contribution >= 4 is 27.5 Å². The average Bonchev–Trinajstić information content (AvgIpc) is 2.69. The molecule has 0 spiro atoms. The number of tetrazole rings is 1. The second kappa shape index (κ2) is 4.26. The average molecular weight is 289 g/mol. The maximum absolute atomic E-state index is 5.90. The van der Waals surface area contributed by atoms with E-state index in [2.05, 4.69) is 31.5 Å². The van der Waals surface area contributed by atoms with Crippen molar-refractivity contribution in [3.05, 3.63) is 33.5 Å². The van der Waals surface area contributed by atoms with Gasteiger partial charge < -0.3 is 5.73 Å². The Kier molecular flexibility index (Phi) is 2.99. The Morgan fingerprint density at radius 3 is 3.00 bits per heavy atom. The molecule has 2 aromatic rings. The lowest BCUT2D eigenvalue weighted by Crippen LogP contribution is -2.08. The summed E-state index contributed by atoms with van der Waals surface area (Å²) in [7, 11) is 0. The standard InChI is InChI=1S/C8H7BrClN5/c9-6-2-1-5(10)3-7(6)15-8(4-11)12-13-14-15/h1-3H,4,11H2. The Bertz CT molecular complexity index is 484. The third-order valence-electron chi connectivity index (χ3n) is 1.85. The summed E-state index contributed by atoms with van der Waals surface area (Å²) in [6.07, 6.45) is 0. The number of hydrogen-bond donors (Lipinski definition) is 1. The number of halogens is 2. The van der Waals surface area contributed by atoms with Crippen LogP contribution in [-0.4, -0.2) is 20.2 Å². The number of rotatable bonds is 2. The lowest BCUT2D eigenvalue weighted by molar-refractivity contribution is 0.759. The molecule has 0 aliphatic heterocycles. The highest BCUT2D eigenvalue weighted by Gasteiger charge is 2.09. The first-order chi connectivity index (χ1) is 7.22. The molecule has 0 fully saturated rings. The Morgan fingerprint density at radius 1 is 1.47 bits per heavy atom. The summed E-state index contributed by atoms with van der Waals surface area (Å²) in [5, 5.41) is 11.8. The highest BCUT2D eigenvalue weighted by atomic mass is 79.9. The van der Waals surface area contributed by atoms with Gasteiger partial charge in [-0.1, -0.05) is 11.6 Å². The van der Waals surface area contributed by atoms with Gasteiger partial charge in [-0.3, -0.25) is 0 Å². The zero-order valence-electron chi connectivity index (χ0n) is 7.56. The van der Waals surface area contributed by atoms with Gasteiger partial charge >= 0.3 is 0 Å². The van der Waals surface area contributed by atoms with Gasteiger partial charge in [-0.25, -0.2) is 0 Å². The van der Waals surface area contributed by atoms with Crippen LogP contribution < -0.4 is 5.73 Å². The van der Waals surface area contributed by atoms with E-state index in [1.54, 1.807) is 16.8 Å². The van der Waals surface area contributed by atoms with Crippen molar-refractivity contribution in [2.45, 2.75) is 6.54 Å². The predicted octanol–water partition coefficient (Wildman–Crippen LogP) is 1.54. The van der Waals surface area contributed by atoms with Gasteiger partial charge in [0.2, 0.25) is 0 Å². The van der Waals surface area contributed by atoms with E-state index in [0.29, 0.717) is 10.8 Å². The zero-order chi connectivity index (χ0) is 10.8. The topological polar surface area (TPSA) is 69.6 Å². The Labute approximate surface area is 99.3 Å². The maximum Gasteiger partial charge on any atom is 0.170 e. The summed E-state index contributed by atoms with van der Waals surface area (Å²) in [4.78, 5) is 0. The molecule has 0 atom stereocenters. The predicted molar refractivity (Wildman–Crippen MR) is 59.8 cm³/mol. The fraction of sp³-hybridized carbons (Fsp3) is 0.125. The van der Waals surface area contributed by atoms with E-state index in [1.165, 1.54) is 0 Å². The second-order valence-electron chi connectivity index (χ2n) is 2.81. The molecule has 78 valence electrons. The molecule has 0 saturated carbocycles. The monoisotopic (exact) mass is 287 g/mol. The second-order valence-corrected chi connectivity index (χ2v) is 4.10. The summed E-state index contributed by atoms with van der Waals surface area (Å²) in [6, 6.07) is 5.38. The van der Waals surface area contributed by atoms with Crippen molar-refractivity contribution in [1.82, 2.24) is 20.2 Å². The van der Waals surface area contributed by atoms with E-state index >= 15 is 0 Å². The molecule has 1 aromatic carbocycles. The first kappa shape index (κ1) is 10.5. The third-order valence-corrected chi connectivity index (χ3v) is 2.76. The Balaban J connectivity index is 2.58. The summed E-state index contributed by atoms with van der Waals surface area (Å²) in [6.45, 7) is 0.270. The number of nitrogens with two attached hydrogens (primary N) is 1. The van der Waals surface area contributed by atoms with Crippen LogP contribution in [-0.2, 0) is 6.54 Å². The molecule has 0 unspecified atom stereocenters. The molecule has 0 aliphatic carbocycles. The van der Waals surface area contributed by atoms with E-state index in [9.17, 15) is 0 Å². The Hall–Kier alpha value is -0.980. The van der Waals surface area contributed by atoms with Crippen LogP contribution in [0.1, 0.15) is 5.82 Å². The van der Waals surface area contributed by atoms with Crippen LogP contribution in [0.2, 0.25) is 5.02 Å². The summed E-state index contributed by atoms with van der Waals surface area (Å²) < 4.78 is 2.41. The smallest absolute Gasteiger partial charge is 0.170 e. The molecule has 0 amide bonds. The Morgan fingerprint density at radius 2 is 2.27 bits per heavy atom. The van der Waals surface area contributed by atoms with Crippen LogP contribution in [0.3, 0.4) is 0 Å². The van der Waals surface area contributed by atoms with Crippen molar-refractivity contribution in [2.75, 3.05) is 0 Å². The summed E-state index contributed by atoms with van der Waals surface area (Å²) >= 11 is 9.29. The molecule has 0 radical (unpaired) electrons. The SMILES string of the molecule is NCc1nnnn1-c1cc(Cl)ccc1Br. The maximum atomic E-state index is 5.90. The van der Waals surface area contributed by atoms with Gasteiger partial charge in [-0.05, 0) is 44.6 Å². The van der Waals surface area contributed by atoms with Crippen LogP contribution in [0.15, 0.2) is 22.7 Å².